The molecule has 1 aromatic carbocycles. The summed E-state index contributed by atoms with van der Waals surface area (Å²) in [4.78, 5) is 0. The molecule has 0 amide bonds. The molecule has 17 heavy (non-hydrogen) atoms. The van der Waals surface area contributed by atoms with Crippen LogP contribution in [0.1, 0.15) is 13.3 Å². The van der Waals surface area contributed by atoms with Crippen molar-refractivity contribution < 1.29 is 17.5 Å². The van der Waals surface area contributed by atoms with Crippen LogP contribution in [0.3, 0.4) is 0 Å². The Bertz CT molecular complexity index is 444. The summed E-state index contributed by atoms with van der Waals surface area (Å²) in [6, 6.07) is 5.57. The highest BCUT2D eigenvalue weighted by atomic mass is 35.7. The van der Waals surface area contributed by atoms with Gasteiger partial charge in [-0.3, -0.25) is 0 Å². The fraction of sp³-hybridized carbons (Fsp3) is 0.455. The van der Waals surface area contributed by atoms with Crippen molar-refractivity contribution in [3.8, 4) is 5.75 Å². The van der Waals surface area contributed by atoms with E-state index < -0.39 is 9.05 Å². The van der Waals surface area contributed by atoms with E-state index in [0.717, 1.165) is 0 Å². The average Bonchev–Trinajstić information content (AvgIpc) is 2.25. The molecule has 96 valence electrons. The van der Waals surface area contributed by atoms with E-state index in [0.29, 0.717) is 12.2 Å². The van der Waals surface area contributed by atoms with Crippen LogP contribution in [-0.4, -0.2) is 20.8 Å². The molecule has 0 radical (unpaired) electrons. The Morgan fingerprint density at radius 2 is 1.94 bits per heavy atom. The van der Waals surface area contributed by atoms with E-state index >= 15 is 0 Å². The van der Waals surface area contributed by atoms with Gasteiger partial charge in [-0.1, -0.05) is 6.92 Å². The van der Waals surface area contributed by atoms with Crippen molar-refractivity contribution in [2.24, 2.45) is 5.92 Å². The topological polar surface area (TPSA) is 43.4 Å². The Morgan fingerprint density at radius 1 is 1.35 bits per heavy atom. The molecule has 0 aliphatic heterocycles. The van der Waals surface area contributed by atoms with Gasteiger partial charge in [-0.05, 0) is 30.7 Å². The highest BCUT2D eigenvalue weighted by Gasteiger charge is 2.16. The number of rotatable bonds is 6. The molecular formula is C11H14ClFO3S. The van der Waals surface area contributed by atoms with Gasteiger partial charge in [0.2, 0.25) is 9.05 Å². The van der Waals surface area contributed by atoms with Crippen molar-refractivity contribution in [1.82, 2.24) is 0 Å². The van der Waals surface area contributed by atoms with Crippen LogP contribution in [-0.2, 0) is 9.05 Å². The van der Waals surface area contributed by atoms with Crippen molar-refractivity contribution in [1.29, 1.82) is 0 Å². The molecule has 0 bridgehead atoms. The molecule has 0 saturated heterocycles. The van der Waals surface area contributed by atoms with Gasteiger partial charge in [0, 0.05) is 16.6 Å². The van der Waals surface area contributed by atoms with Crippen molar-refractivity contribution >= 4 is 19.7 Å². The Kier molecular flexibility index (Phi) is 5.21. The molecule has 0 N–H and O–H groups in total. The maximum atomic E-state index is 12.6. The van der Waals surface area contributed by atoms with Gasteiger partial charge < -0.3 is 4.74 Å². The highest BCUT2D eigenvalue weighted by molar-refractivity contribution is 8.13. The highest BCUT2D eigenvalue weighted by Crippen LogP contribution is 2.15. The number of hydrogen-bond donors (Lipinski definition) is 0. The van der Waals surface area contributed by atoms with Crippen LogP contribution in [0.25, 0.3) is 0 Å². The summed E-state index contributed by atoms with van der Waals surface area (Å²) in [5.41, 5.74) is 0. The molecule has 0 aliphatic rings. The number of hydrogen-bond acceptors (Lipinski definition) is 3. The maximum absolute atomic E-state index is 12.6. The molecule has 0 aromatic heterocycles. The molecule has 0 spiro atoms. The minimum Gasteiger partial charge on any atom is -0.493 e. The summed E-state index contributed by atoms with van der Waals surface area (Å²) in [6.07, 6.45) is 0.646. The molecule has 1 rings (SSSR count). The van der Waals surface area contributed by atoms with E-state index in [1.165, 1.54) is 24.3 Å². The lowest BCUT2D eigenvalue weighted by Gasteiger charge is -2.14. The fourth-order valence-electron chi connectivity index (χ4n) is 1.31. The molecule has 3 nitrogen and oxygen atoms in total. The van der Waals surface area contributed by atoms with Gasteiger partial charge in [0.15, 0.2) is 0 Å². The van der Waals surface area contributed by atoms with Gasteiger partial charge in [-0.25, -0.2) is 12.8 Å². The number of halogens is 2. The second kappa shape index (κ2) is 6.21. The molecule has 6 heteroatoms. The quantitative estimate of drug-likeness (QED) is 0.753. The predicted octanol–water partition coefficient (Wildman–Crippen LogP) is 2.80. The molecule has 1 atom stereocenters. The first-order valence-corrected chi connectivity index (χ1v) is 7.69. The monoisotopic (exact) mass is 280 g/mol. The standard InChI is InChI=1S/C11H14ClFO3S/c1-2-9(8-17(12,14)15)7-16-11-5-3-10(13)4-6-11/h3-6,9H,2,7-8H2,1H3. The van der Waals surface area contributed by atoms with Gasteiger partial charge in [-0.2, -0.15) is 0 Å². The summed E-state index contributed by atoms with van der Waals surface area (Å²) in [7, 11) is 1.66. The van der Waals surface area contributed by atoms with Gasteiger partial charge in [0.05, 0.1) is 12.4 Å². The molecular weight excluding hydrogens is 267 g/mol. The van der Waals surface area contributed by atoms with Crippen LogP contribution in [0.4, 0.5) is 4.39 Å². The van der Waals surface area contributed by atoms with Crippen LogP contribution in [0, 0.1) is 11.7 Å². The Hall–Kier alpha value is -0.810. The van der Waals surface area contributed by atoms with E-state index in [1.807, 2.05) is 6.92 Å². The third-order valence-electron chi connectivity index (χ3n) is 2.31. The maximum Gasteiger partial charge on any atom is 0.232 e. The summed E-state index contributed by atoms with van der Waals surface area (Å²) in [6.45, 7) is 2.11. The summed E-state index contributed by atoms with van der Waals surface area (Å²) >= 11 is 0. The SMILES string of the molecule is CCC(COc1ccc(F)cc1)CS(=O)(=O)Cl. The van der Waals surface area contributed by atoms with Crippen LogP contribution in [0.2, 0.25) is 0 Å². The van der Waals surface area contributed by atoms with Crippen molar-refractivity contribution in [3.63, 3.8) is 0 Å². The van der Waals surface area contributed by atoms with Gasteiger partial charge in [-0.15, -0.1) is 0 Å². The third kappa shape index (κ3) is 5.89. The molecule has 0 saturated carbocycles. The van der Waals surface area contributed by atoms with Gasteiger partial charge in [0.1, 0.15) is 11.6 Å². The largest absolute Gasteiger partial charge is 0.493 e. The van der Waals surface area contributed by atoms with E-state index in [4.69, 9.17) is 15.4 Å². The van der Waals surface area contributed by atoms with E-state index in [1.54, 1.807) is 0 Å². The van der Waals surface area contributed by atoms with Crippen molar-refractivity contribution in [2.45, 2.75) is 13.3 Å². The second-order valence-electron chi connectivity index (χ2n) is 3.74. The second-order valence-corrected chi connectivity index (χ2v) is 6.57. The zero-order valence-electron chi connectivity index (χ0n) is 9.40. The van der Waals surface area contributed by atoms with Crippen LogP contribution >= 0.6 is 10.7 Å². The Labute approximate surface area is 105 Å². The first kappa shape index (κ1) is 14.3. The number of ether oxygens (including phenoxy) is 1. The number of benzene rings is 1. The fourth-order valence-corrected chi connectivity index (χ4v) is 2.74. The molecule has 0 fully saturated rings. The van der Waals surface area contributed by atoms with Crippen molar-refractivity contribution in [3.05, 3.63) is 30.1 Å². The minimum atomic E-state index is -3.51. The summed E-state index contributed by atoms with van der Waals surface area (Å²) < 4.78 is 39.8. The zero-order chi connectivity index (χ0) is 12.9. The van der Waals surface area contributed by atoms with E-state index in [2.05, 4.69) is 0 Å². The Morgan fingerprint density at radius 3 is 2.41 bits per heavy atom. The van der Waals surface area contributed by atoms with Gasteiger partial charge in [0.25, 0.3) is 0 Å². The predicted molar refractivity (Wildman–Crippen MR) is 65.3 cm³/mol. The molecule has 1 unspecified atom stereocenters. The third-order valence-corrected chi connectivity index (χ3v) is 3.56. The van der Waals surface area contributed by atoms with E-state index in [-0.39, 0.29) is 24.1 Å². The van der Waals surface area contributed by atoms with Crippen LogP contribution < -0.4 is 4.74 Å². The lowest BCUT2D eigenvalue weighted by Crippen LogP contribution is -2.18. The Balaban J connectivity index is 2.50. The minimum absolute atomic E-state index is 0.119. The smallest absolute Gasteiger partial charge is 0.232 e. The zero-order valence-corrected chi connectivity index (χ0v) is 11.0. The van der Waals surface area contributed by atoms with Crippen molar-refractivity contribution in [2.75, 3.05) is 12.4 Å². The average molecular weight is 281 g/mol. The summed E-state index contributed by atoms with van der Waals surface area (Å²) in [5, 5.41) is 0. The first-order valence-electron chi connectivity index (χ1n) is 5.21. The van der Waals surface area contributed by atoms with Crippen LogP contribution in [0.15, 0.2) is 24.3 Å². The lowest BCUT2D eigenvalue weighted by atomic mass is 10.1. The normalized spacial score (nSPS) is 13.4. The molecule has 1 aromatic rings. The first-order chi connectivity index (χ1) is 7.90. The molecule has 0 aliphatic carbocycles. The van der Waals surface area contributed by atoms with E-state index in [9.17, 15) is 12.8 Å². The van der Waals surface area contributed by atoms with Gasteiger partial charge >= 0.3 is 0 Å². The van der Waals surface area contributed by atoms with Crippen LogP contribution in [0.5, 0.6) is 5.75 Å². The summed E-state index contributed by atoms with van der Waals surface area (Å²) in [5.74, 6) is -0.112. The lowest BCUT2D eigenvalue weighted by molar-refractivity contribution is 0.257. The molecule has 0 heterocycles.